The lowest BCUT2D eigenvalue weighted by atomic mass is 10.0. The van der Waals surface area contributed by atoms with Crippen molar-refractivity contribution in [2.45, 2.75) is 19.1 Å². The second-order valence-electron chi connectivity index (χ2n) is 7.08. The highest BCUT2D eigenvalue weighted by atomic mass is 16.5. The molecule has 140 valence electrons. The Labute approximate surface area is 158 Å². The smallest absolute Gasteiger partial charge is 0.252 e. The fraction of sp³-hybridized carbons (Fsp3) is 0.333. The average molecular weight is 364 g/mol. The van der Waals surface area contributed by atoms with Gasteiger partial charge in [0.25, 0.3) is 5.56 Å². The molecule has 6 heteroatoms. The summed E-state index contributed by atoms with van der Waals surface area (Å²) in [4.78, 5) is 14.4. The third-order valence-corrected chi connectivity index (χ3v) is 5.32. The Bertz CT molecular complexity index is 987. The summed E-state index contributed by atoms with van der Waals surface area (Å²) in [5.74, 6) is 0. The molecule has 0 bridgehead atoms. The maximum atomic E-state index is 12.2. The number of hydrogen-bond donors (Lipinski definition) is 0. The van der Waals surface area contributed by atoms with Gasteiger partial charge in [0.2, 0.25) is 0 Å². The molecule has 1 aliphatic heterocycles. The number of hydrogen-bond acceptors (Lipinski definition) is 4. The Hall–Kier alpha value is -2.86. The van der Waals surface area contributed by atoms with Crippen LogP contribution in [-0.4, -0.2) is 40.7 Å². The van der Waals surface area contributed by atoms with Crippen molar-refractivity contribution in [3.63, 3.8) is 0 Å². The first-order valence-electron chi connectivity index (χ1n) is 9.14. The Balaban J connectivity index is 1.69. The maximum Gasteiger partial charge on any atom is 0.252 e. The van der Waals surface area contributed by atoms with E-state index in [0.717, 1.165) is 29.9 Å². The summed E-state index contributed by atoms with van der Waals surface area (Å²) in [6, 6.07) is 12.1. The Morgan fingerprint density at radius 1 is 1.19 bits per heavy atom. The van der Waals surface area contributed by atoms with Gasteiger partial charge in [-0.3, -0.25) is 9.48 Å². The van der Waals surface area contributed by atoms with Gasteiger partial charge >= 0.3 is 0 Å². The van der Waals surface area contributed by atoms with Crippen molar-refractivity contribution in [2.75, 3.05) is 25.1 Å². The number of rotatable bonds is 5. The number of aryl methyl sites for hydroxylation is 1. The van der Waals surface area contributed by atoms with E-state index >= 15 is 0 Å². The van der Waals surface area contributed by atoms with Gasteiger partial charge in [-0.2, -0.15) is 5.10 Å². The zero-order valence-corrected chi connectivity index (χ0v) is 15.9. The summed E-state index contributed by atoms with van der Waals surface area (Å²) >= 11 is 0. The minimum Gasteiger partial charge on any atom is -0.378 e. The lowest BCUT2D eigenvalue weighted by Gasteiger charge is -2.40. The number of pyridine rings is 1. The van der Waals surface area contributed by atoms with Gasteiger partial charge in [-0.25, -0.2) is 0 Å². The fourth-order valence-electron chi connectivity index (χ4n) is 3.46. The molecule has 1 atom stereocenters. The van der Waals surface area contributed by atoms with Gasteiger partial charge < -0.3 is 14.2 Å². The highest BCUT2D eigenvalue weighted by Gasteiger charge is 2.29. The van der Waals surface area contributed by atoms with E-state index in [1.165, 1.54) is 5.56 Å². The predicted molar refractivity (Wildman–Crippen MR) is 106 cm³/mol. The molecule has 4 rings (SSSR count). The monoisotopic (exact) mass is 364 g/mol. The third kappa shape index (κ3) is 3.28. The number of ether oxygens (including phenoxy) is 1. The van der Waals surface area contributed by atoms with Crippen molar-refractivity contribution in [3.8, 4) is 11.1 Å². The van der Waals surface area contributed by atoms with Crippen molar-refractivity contribution in [1.29, 1.82) is 0 Å². The second kappa shape index (κ2) is 7.04. The van der Waals surface area contributed by atoms with Crippen LogP contribution in [0, 0.1) is 0 Å². The molecule has 1 saturated heterocycles. The Morgan fingerprint density at radius 3 is 2.63 bits per heavy atom. The minimum atomic E-state index is -0.0142. The number of anilines is 1. The molecule has 0 aliphatic carbocycles. The van der Waals surface area contributed by atoms with E-state index in [0.29, 0.717) is 0 Å². The van der Waals surface area contributed by atoms with Gasteiger partial charge in [-0.15, -0.1) is 0 Å². The average Bonchev–Trinajstić information content (AvgIpc) is 3.13. The molecule has 0 saturated carbocycles. The maximum absolute atomic E-state index is 12.2. The van der Waals surface area contributed by atoms with E-state index in [1.54, 1.807) is 24.8 Å². The molecule has 0 amide bonds. The molecular weight excluding hydrogens is 340 g/mol. The van der Waals surface area contributed by atoms with E-state index < -0.39 is 0 Å². The standard InChI is InChI=1S/C21H24N4O2/c1-15(16-7-5-4-6-8-16)25-11-17(10-22-25)19-14-23(2)21(26)9-20(19)24-12-18(13-24)27-3/h4-11,14-15,18H,12-13H2,1-3H3. The molecular formula is C21H24N4O2. The van der Waals surface area contributed by atoms with Crippen molar-refractivity contribution in [3.05, 3.63) is 70.9 Å². The number of benzene rings is 1. The van der Waals surface area contributed by atoms with Gasteiger partial charge in [-0.05, 0) is 12.5 Å². The topological polar surface area (TPSA) is 52.3 Å². The van der Waals surface area contributed by atoms with E-state index in [2.05, 4.69) is 35.3 Å². The lowest BCUT2D eigenvalue weighted by Crippen LogP contribution is -2.52. The Kier molecular flexibility index (Phi) is 4.58. The highest BCUT2D eigenvalue weighted by molar-refractivity contribution is 5.77. The van der Waals surface area contributed by atoms with Crippen molar-refractivity contribution >= 4 is 5.69 Å². The number of methoxy groups -OCH3 is 1. The van der Waals surface area contributed by atoms with Gasteiger partial charge in [0.1, 0.15) is 0 Å². The minimum absolute atomic E-state index is 0.0142. The molecule has 27 heavy (non-hydrogen) atoms. The normalized spacial score (nSPS) is 15.6. The van der Waals surface area contributed by atoms with Crippen LogP contribution in [0.4, 0.5) is 5.69 Å². The van der Waals surface area contributed by atoms with Gasteiger partial charge in [0.05, 0.1) is 24.0 Å². The van der Waals surface area contributed by atoms with Crippen LogP contribution in [0.2, 0.25) is 0 Å². The van der Waals surface area contributed by atoms with Crippen LogP contribution in [-0.2, 0) is 11.8 Å². The van der Waals surface area contributed by atoms with Crippen molar-refractivity contribution in [2.24, 2.45) is 7.05 Å². The molecule has 2 aromatic heterocycles. The zero-order valence-electron chi connectivity index (χ0n) is 15.9. The zero-order chi connectivity index (χ0) is 19.0. The molecule has 6 nitrogen and oxygen atoms in total. The first-order chi connectivity index (χ1) is 13.1. The first-order valence-corrected chi connectivity index (χ1v) is 9.14. The summed E-state index contributed by atoms with van der Waals surface area (Å²) in [6.45, 7) is 3.73. The number of aromatic nitrogens is 3. The van der Waals surface area contributed by atoms with Crippen LogP contribution in [0.15, 0.2) is 59.8 Å². The Morgan fingerprint density at radius 2 is 1.93 bits per heavy atom. The summed E-state index contributed by atoms with van der Waals surface area (Å²) in [6.07, 6.45) is 6.04. The summed E-state index contributed by atoms with van der Waals surface area (Å²) in [7, 11) is 3.50. The largest absolute Gasteiger partial charge is 0.378 e. The summed E-state index contributed by atoms with van der Waals surface area (Å²) < 4.78 is 8.96. The van der Waals surface area contributed by atoms with Crippen LogP contribution in [0.1, 0.15) is 18.5 Å². The summed E-state index contributed by atoms with van der Waals surface area (Å²) in [5, 5.41) is 4.58. The fourth-order valence-corrected chi connectivity index (χ4v) is 3.46. The third-order valence-electron chi connectivity index (χ3n) is 5.32. The van der Waals surface area contributed by atoms with Crippen LogP contribution in [0.5, 0.6) is 0 Å². The van der Waals surface area contributed by atoms with E-state index in [1.807, 2.05) is 35.3 Å². The SMILES string of the molecule is COC1CN(c2cc(=O)n(C)cc2-c2cnn(C(C)c3ccccc3)c2)C1. The first kappa shape index (κ1) is 17.5. The molecule has 1 aliphatic rings. The van der Waals surface area contributed by atoms with E-state index in [9.17, 15) is 4.79 Å². The number of nitrogens with zero attached hydrogens (tertiary/aromatic N) is 4. The molecule has 0 spiro atoms. The van der Waals surface area contributed by atoms with Gasteiger partial charge in [-0.1, -0.05) is 30.3 Å². The van der Waals surface area contributed by atoms with Crippen molar-refractivity contribution < 1.29 is 4.74 Å². The molecule has 3 aromatic rings. The predicted octanol–water partition coefficient (Wildman–Crippen LogP) is 2.69. The van der Waals surface area contributed by atoms with Gasteiger partial charge in [0.15, 0.2) is 0 Å². The molecule has 0 radical (unpaired) electrons. The van der Waals surface area contributed by atoms with E-state index in [-0.39, 0.29) is 17.7 Å². The molecule has 0 N–H and O–H groups in total. The highest BCUT2D eigenvalue weighted by Crippen LogP contribution is 2.33. The van der Waals surface area contributed by atoms with Crippen LogP contribution >= 0.6 is 0 Å². The van der Waals surface area contributed by atoms with Gasteiger partial charge in [0, 0.05) is 56.8 Å². The van der Waals surface area contributed by atoms with Crippen LogP contribution in [0.25, 0.3) is 11.1 Å². The second-order valence-corrected chi connectivity index (χ2v) is 7.08. The quantitative estimate of drug-likeness (QED) is 0.699. The van der Waals surface area contributed by atoms with Crippen molar-refractivity contribution in [1.82, 2.24) is 14.3 Å². The molecule has 1 unspecified atom stereocenters. The lowest BCUT2D eigenvalue weighted by molar-refractivity contribution is 0.0788. The van der Waals surface area contributed by atoms with Crippen LogP contribution < -0.4 is 10.5 Å². The molecule has 1 aromatic carbocycles. The van der Waals surface area contributed by atoms with Crippen LogP contribution in [0.3, 0.4) is 0 Å². The van der Waals surface area contributed by atoms with E-state index in [4.69, 9.17) is 4.74 Å². The summed E-state index contributed by atoms with van der Waals surface area (Å²) in [5.41, 5.74) is 4.15. The molecule has 3 heterocycles. The molecule has 1 fully saturated rings.